The minimum atomic E-state index is 0. The zero-order valence-electron chi connectivity index (χ0n) is 11.9. The van der Waals surface area contributed by atoms with Crippen LogP contribution in [0.1, 0.15) is 25.3 Å². The molecule has 0 amide bonds. The van der Waals surface area contributed by atoms with E-state index in [1.807, 2.05) is 12.1 Å². The average molecular weight is 440 g/mol. The van der Waals surface area contributed by atoms with Crippen LogP contribution in [0, 0.1) is 0 Å². The van der Waals surface area contributed by atoms with E-state index >= 15 is 0 Å². The predicted molar refractivity (Wildman–Crippen MR) is 102 cm³/mol. The normalized spacial score (nSPS) is 14.9. The van der Waals surface area contributed by atoms with Crippen molar-refractivity contribution in [2.75, 3.05) is 6.54 Å². The minimum Gasteiger partial charge on any atom is -0.357 e. The molecule has 2 N–H and O–H groups in total. The Kier molecular flexibility index (Phi) is 8.44. The van der Waals surface area contributed by atoms with E-state index in [1.165, 1.54) is 0 Å². The molecule has 0 saturated carbocycles. The molecular weight excluding hydrogens is 420 g/mol. The van der Waals surface area contributed by atoms with Crippen LogP contribution in [-0.4, -0.2) is 18.5 Å². The van der Waals surface area contributed by atoms with Gasteiger partial charge in [0.05, 0.1) is 6.54 Å². The lowest BCUT2D eigenvalue weighted by molar-refractivity contribution is 0.633. The van der Waals surface area contributed by atoms with E-state index in [4.69, 9.17) is 23.2 Å². The summed E-state index contributed by atoms with van der Waals surface area (Å²) in [5.74, 6) is 0.826. The SMILES string of the molecule is CCNC(=NCc1ccc(Cl)cc1Cl)NC1CC=CC1.I. The van der Waals surface area contributed by atoms with Gasteiger partial charge in [0, 0.05) is 22.6 Å². The van der Waals surface area contributed by atoms with Crippen LogP contribution in [0.5, 0.6) is 0 Å². The van der Waals surface area contributed by atoms with Gasteiger partial charge in [-0.25, -0.2) is 4.99 Å². The highest BCUT2D eigenvalue weighted by Gasteiger charge is 2.11. The summed E-state index contributed by atoms with van der Waals surface area (Å²) in [5, 5.41) is 7.97. The van der Waals surface area contributed by atoms with Crippen molar-refractivity contribution in [1.82, 2.24) is 10.6 Å². The van der Waals surface area contributed by atoms with Gasteiger partial charge < -0.3 is 10.6 Å². The lowest BCUT2D eigenvalue weighted by atomic mass is 10.2. The minimum absolute atomic E-state index is 0. The van der Waals surface area contributed by atoms with E-state index in [1.54, 1.807) is 6.07 Å². The fourth-order valence-corrected chi connectivity index (χ4v) is 2.53. The Hall–Kier alpha value is -0.460. The van der Waals surface area contributed by atoms with Gasteiger partial charge in [0.1, 0.15) is 0 Å². The molecule has 0 atom stereocenters. The van der Waals surface area contributed by atoms with Crippen molar-refractivity contribution in [3.63, 3.8) is 0 Å². The second-order valence-electron chi connectivity index (χ2n) is 4.71. The molecule has 0 spiro atoms. The Bertz CT molecular complexity index is 510. The van der Waals surface area contributed by atoms with Gasteiger partial charge in [-0.1, -0.05) is 41.4 Å². The second kappa shape index (κ2) is 9.54. The van der Waals surface area contributed by atoms with Gasteiger partial charge in [-0.15, -0.1) is 24.0 Å². The molecule has 1 aromatic carbocycles. The summed E-state index contributed by atoms with van der Waals surface area (Å²) in [7, 11) is 0. The third-order valence-corrected chi connectivity index (χ3v) is 3.70. The largest absolute Gasteiger partial charge is 0.357 e. The molecule has 2 rings (SSSR count). The molecule has 0 fully saturated rings. The smallest absolute Gasteiger partial charge is 0.191 e. The first-order valence-corrected chi connectivity index (χ1v) is 7.58. The number of halogens is 3. The topological polar surface area (TPSA) is 36.4 Å². The molecule has 1 aliphatic rings. The van der Waals surface area contributed by atoms with Crippen LogP contribution in [0.3, 0.4) is 0 Å². The van der Waals surface area contributed by atoms with Crippen molar-refractivity contribution in [2.24, 2.45) is 4.99 Å². The van der Waals surface area contributed by atoms with E-state index in [0.717, 1.165) is 30.9 Å². The van der Waals surface area contributed by atoms with Crippen LogP contribution >= 0.6 is 47.2 Å². The zero-order valence-corrected chi connectivity index (χ0v) is 15.7. The number of hydrogen-bond acceptors (Lipinski definition) is 1. The molecule has 0 bridgehead atoms. The first kappa shape index (κ1) is 18.6. The fraction of sp³-hybridized carbons (Fsp3) is 0.400. The summed E-state index contributed by atoms with van der Waals surface area (Å²) in [6.45, 7) is 3.42. The number of benzene rings is 1. The summed E-state index contributed by atoms with van der Waals surface area (Å²) in [6, 6.07) is 5.93. The third kappa shape index (κ3) is 6.04. The summed E-state index contributed by atoms with van der Waals surface area (Å²) in [6.07, 6.45) is 6.48. The van der Waals surface area contributed by atoms with Gasteiger partial charge in [0.15, 0.2) is 5.96 Å². The van der Waals surface area contributed by atoms with Gasteiger partial charge in [-0.05, 0) is 37.5 Å². The predicted octanol–water partition coefficient (Wildman–Crippen LogP) is 4.39. The standard InChI is InChI=1S/C15H19Cl2N3.HI/c1-2-18-15(20-13-5-3-4-6-13)19-10-11-7-8-12(16)9-14(11)17;/h3-4,7-9,13H,2,5-6,10H2,1H3,(H2,18,19,20);1H. The van der Waals surface area contributed by atoms with E-state index < -0.39 is 0 Å². The molecule has 0 saturated heterocycles. The number of aliphatic imine (C=N–C) groups is 1. The number of hydrogen-bond donors (Lipinski definition) is 2. The van der Waals surface area contributed by atoms with E-state index in [2.05, 4.69) is 34.7 Å². The highest BCUT2D eigenvalue weighted by Crippen LogP contribution is 2.21. The molecule has 3 nitrogen and oxygen atoms in total. The highest BCUT2D eigenvalue weighted by atomic mass is 127. The monoisotopic (exact) mass is 439 g/mol. The maximum absolute atomic E-state index is 6.16. The number of nitrogens with zero attached hydrogens (tertiary/aromatic N) is 1. The first-order valence-electron chi connectivity index (χ1n) is 6.83. The van der Waals surface area contributed by atoms with Crippen molar-refractivity contribution in [3.8, 4) is 0 Å². The van der Waals surface area contributed by atoms with Crippen molar-refractivity contribution in [2.45, 2.75) is 32.4 Å². The van der Waals surface area contributed by atoms with Crippen molar-refractivity contribution in [3.05, 3.63) is 46.0 Å². The fourth-order valence-electron chi connectivity index (χ4n) is 2.06. The average Bonchev–Trinajstić information content (AvgIpc) is 2.90. The number of rotatable bonds is 4. The molecule has 21 heavy (non-hydrogen) atoms. The highest BCUT2D eigenvalue weighted by molar-refractivity contribution is 14.0. The molecular formula is C15H20Cl2IN3. The second-order valence-corrected chi connectivity index (χ2v) is 5.56. The van der Waals surface area contributed by atoms with Gasteiger partial charge >= 0.3 is 0 Å². The van der Waals surface area contributed by atoms with Gasteiger partial charge in [-0.2, -0.15) is 0 Å². The molecule has 116 valence electrons. The summed E-state index contributed by atoms with van der Waals surface area (Å²) < 4.78 is 0. The molecule has 1 aliphatic carbocycles. The van der Waals surface area contributed by atoms with E-state index in [0.29, 0.717) is 22.6 Å². The van der Waals surface area contributed by atoms with Gasteiger partial charge in [-0.3, -0.25) is 0 Å². The Morgan fingerprint density at radius 1 is 1.29 bits per heavy atom. The van der Waals surface area contributed by atoms with E-state index in [9.17, 15) is 0 Å². The molecule has 0 aromatic heterocycles. The lowest BCUT2D eigenvalue weighted by Crippen LogP contribution is -2.42. The van der Waals surface area contributed by atoms with Crippen LogP contribution in [0.25, 0.3) is 0 Å². The molecule has 0 heterocycles. The van der Waals surface area contributed by atoms with Crippen LogP contribution in [0.15, 0.2) is 35.3 Å². The maximum Gasteiger partial charge on any atom is 0.191 e. The van der Waals surface area contributed by atoms with Crippen LogP contribution in [0.2, 0.25) is 10.0 Å². The van der Waals surface area contributed by atoms with Crippen LogP contribution in [0.4, 0.5) is 0 Å². The molecule has 0 aliphatic heterocycles. The Labute approximate surface area is 153 Å². The molecule has 0 unspecified atom stereocenters. The van der Waals surface area contributed by atoms with Gasteiger partial charge in [0.2, 0.25) is 0 Å². The van der Waals surface area contributed by atoms with Crippen LogP contribution in [-0.2, 0) is 6.54 Å². The van der Waals surface area contributed by atoms with Crippen LogP contribution < -0.4 is 10.6 Å². The van der Waals surface area contributed by atoms with Crippen molar-refractivity contribution >= 4 is 53.1 Å². The quantitative estimate of drug-likeness (QED) is 0.316. The number of guanidine groups is 1. The zero-order chi connectivity index (χ0) is 14.4. The molecule has 0 radical (unpaired) electrons. The Morgan fingerprint density at radius 2 is 2.00 bits per heavy atom. The Balaban J connectivity index is 0.00000220. The summed E-state index contributed by atoms with van der Waals surface area (Å²) >= 11 is 12.0. The molecule has 6 heteroatoms. The maximum atomic E-state index is 6.16. The first-order chi connectivity index (χ1) is 9.69. The summed E-state index contributed by atoms with van der Waals surface area (Å²) in [5.41, 5.74) is 0.970. The van der Waals surface area contributed by atoms with Crippen molar-refractivity contribution < 1.29 is 0 Å². The summed E-state index contributed by atoms with van der Waals surface area (Å²) in [4.78, 5) is 4.58. The van der Waals surface area contributed by atoms with E-state index in [-0.39, 0.29) is 24.0 Å². The van der Waals surface area contributed by atoms with Gasteiger partial charge in [0.25, 0.3) is 0 Å². The molecule has 1 aromatic rings. The number of nitrogens with one attached hydrogen (secondary N) is 2. The third-order valence-electron chi connectivity index (χ3n) is 3.12. The Morgan fingerprint density at radius 3 is 2.62 bits per heavy atom. The lowest BCUT2D eigenvalue weighted by Gasteiger charge is -2.16. The van der Waals surface area contributed by atoms with Crippen molar-refractivity contribution in [1.29, 1.82) is 0 Å².